The highest BCUT2D eigenvalue weighted by Crippen LogP contribution is 2.17. The number of hydrogen-bond donors (Lipinski definition) is 3. The molecule has 0 aliphatic carbocycles. The van der Waals surface area contributed by atoms with Crippen LogP contribution in [0.15, 0.2) is 70.4 Å². The van der Waals surface area contributed by atoms with Gasteiger partial charge in [0.25, 0.3) is 16.8 Å². The summed E-state index contributed by atoms with van der Waals surface area (Å²) in [6.07, 6.45) is 2.64. The lowest BCUT2D eigenvalue weighted by atomic mass is 10.1. The van der Waals surface area contributed by atoms with E-state index in [1.165, 1.54) is 28.8 Å². The minimum Gasteiger partial charge on any atom is -0.330 e. The van der Waals surface area contributed by atoms with Crippen LogP contribution in [0.25, 0.3) is 16.9 Å². The third kappa shape index (κ3) is 5.25. The standard InChI is InChI=1S/C24H24N6O4/c25-9-2-10-26-14-16-5-7-18(8-6-16)21-15-29-22(31)13-19(27-24(29)28-23(21)32)11-17-3-1-4-20(12-17)30(33)34/h1,3-8,12-13,15,26H,2,9-11,14,25H2,(H,27,28,32). The SMILES string of the molecule is NCCCNCc1ccc(-c2cn3c(=O)cc(Cc4cccc([N+](=O)[O-])c4)[nH]c3nc2=O)cc1. The van der Waals surface area contributed by atoms with Gasteiger partial charge >= 0.3 is 0 Å². The van der Waals surface area contributed by atoms with Crippen molar-refractivity contribution >= 4 is 11.5 Å². The van der Waals surface area contributed by atoms with E-state index in [1.807, 2.05) is 24.3 Å². The van der Waals surface area contributed by atoms with Crippen molar-refractivity contribution in [3.8, 4) is 11.1 Å². The van der Waals surface area contributed by atoms with E-state index in [0.717, 1.165) is 18.5 Å². The van der Waals surface area contributed by atoms with Crippen LogP contribution in [0, 0.1) is 10.1 Å². The molecule has 0 fully saturated rings. The van der Waals surface area contributed by atoms with E-state index in [9.17, 15) is 19.7 Å². The number of rotatable bonds is 9. The Morgan fingerprint density at radius 1 is 1.09 bits per heavy atom. The first-order chi connectivity index (χ1) is 16.4. The average Bonchev–Trinajstić information content (AvgIpc) is 2.82. The van der Waals surface area contributed by atoms with Crippen LogP contribution in [-0.2, 0) is 13.0 Å². The minimum absolute atomic E-state index is 0.0306. The van der Waals surface area contributed by atoms with Gasteiger partial charge in [0.15, 0.2) is 0 Å². The van der Waals surface area contributed by atoms with E-state index >= 15 is 0 Å². The molecule has 10 nitrogen and oxygen atoms in total. The molecule has 2 aromatic carbocycles. The second-order valence-electron chi connectivity index (χ2n) is 7.91. The van der Waals surface area contributed by atoms with Gasteiger partial charge < -0.3 is 16.0 Å². The van der Waals surface area contributed by atoms with Crippen LogP contribution in [0.1, 0.15) is 23.2 Å². The lowest BCUT2D eigenvalue weighted by molar-refractivity contribution is -0.384. The van der Waals surface area contributed by atoms with Gasteiger partial charge in [0.1, 0.15) is 0 Å². The van der Waals surface area contributed by atoms with Crippen LogP contribution >= 0.6 is 0 Å². The maximum Gasteiger partial charge on any atom is 0.282 e. The summed E-state index contributed by atoms with van der Waals surface area (Å²) in [5, 5.41) is 14.3. The van der Waals surface area contributed by atoms with Crippen molar-refractivity contribution in [1.29, 1.82) is 0 Å². The fourth-order valence-corrected chi connectivity index (χ4v) is 3.67. The first-order valence-corrected chi connectivity index (χ1v) is 10.8. The summed E-state index contributed by atoms with van der Waals surface area (Å²) in [6, 6.07) is 15.1. The summed E-state index contributed by atoms with van der Waals surface area (Å²) in [5.41, 5.74) is 7.84. The Bertz CT molecular complexity index is 1440. The highest BCUT2D eigenvalue weighted by Gasteiger charge is 2.11. The van der Waals surface area contributed by atoms with Crippen molar-refractivity contribution < 1.29 is 4.92 Å². The fourth-order valence-electron chi connectivity index (χ4n) is 3.67. The first-order valence-electron chi connectivity index (χ1n) is 10.8. The quantitative estimate of drug-likeness (QED) is 0.196. The summed E-state index contributed by atoms with van der Waals surface area (Å²) in [7, 11) is 0. The molecule has 0 unspecified atom stereocenters. The smallest absolute Gasteiger partial charge is 0.282 e. The Morgan fingerprint density at radius 2 is 1.88 bits per heavy atom. The molecule has 0 saturated heterocycles. The van der Waals surface area contributed by atoms with Crippen molar-refractivity contribution in [2.24, 2.45) is 5.73 Å². The fraction of sp³-hybridized carbons (Fsp3) is 0.208. The van der Waals surface area contributed by atoms with Gasteiger partial charge in [-0.3, -0.25) is 24.1 Å². The molecule has 0 aliphatic rings. The van der Waals surface area contributed by atoms with Crippen LogP contribution in [0.4, 0.5) is 5.69 Å². The number of fused-ring (bicyclic) bond motifs is 1. The number of aromatic amines is 1. The molecule has 0 aliphatic heterocycles. The van der Waals surface area contributed by atoms with Crippen molar-refractivity contribution in [1.82, 2.24) is 19.7 Å². The molecule has 0 radical (unpaired) electrons. The number of aromatic nitrogens is 3. The molecule has 0 amide bonds. The van der Waals surface area contributed by atoms with Gasteiger partial charge in [-0.2, -0.15) is 4.98 Å². The van der Waals surface area contributed by atoms with Crippen molar-refractivity contribution in [3.05, 3.63) is 108 Å². The van der Waals surface area contributed by atoms with E-state index in [-0.39, 0.29) is 23.4 Å². The number of hydrogen-bond acceptors (Lipinski definition) is 7. The maximum atomic E-state index is 12.8. The summed E-state index contributed by atoms with van der Waals surface area (Å²) in [5.74, 6) is 0.113. The normalized spacial score (nSPS) is 11.1. The zero-order chi connectivity index (χ0) is 24.1. The molecule has 0 atom stereocenters. The Morgan fingerprint density at radius 3 is 2.62 bits per heavy atom. The topological polar surface area (TPSA) is 148 Å². The number of nitrogens with one attached hydrogen (secondary N) is 2. The maximum absolute atomic E-state index is 12.8. The van der Waals surface area contributed by atoms with Gasteiger partial charge in [0, 0.05) is 43.1 Å². The van der Waals surface area contributed by atoms with Crippen molar-refractivity contribution in [2.75, 3.05) is 13.1 Å². The van der Waals surface area contributed by atoms with Gasteiger partial charge in [0.2, 0.25) is 5.78 Å². The Labute approximate surface area is 194 Å². The van der Waals surface area contributed by atoms with Crippen molar-refractivity contribution in [2.45, 2.75) is 19.4 Å². The first kappa shape index (κ1) is 23.0. The number of H-pyrrole nitrogens is 1. The van der Waals surface area contributed by atoms with Crippen LogP contribution in [0.3, 0.4) is 0 Å². The molecular formula is C24H24N6O4. The van der Waals surface area contributed by atoms with Crippen LogP contribution in [0.2, 0.25) is 0 Å². The van der Waals surface area contributed by atoms with Crippen LogP contribution in [0.5, 0.6) is 0 Å². The predicted molar refractivity (Wildman–Crippen MR) is 129 cm³/mol. The molecular weight excluding hydrogens is 436 g/mol. The van der Waals surface area contributed by atoms with Gasteiger partial charge in [-0.1, -0.05) is 36.4 Å². The number of nitro benzene ring substituents is 1. The molecule has 10 heteroatoms. The third-order valence-corrected chi connectivity index (χ3v) is 5.40. The lowest BCUT2D eigenvalue weighted by Gasteiger charge is -2.08. The number of benzene rings is 2. The second kappa shape index (κ2) is 10.2. The third-order valence-electron chi connectivity index (χ3n) is 5.40. The molecule has 4 aromatic rings. The highest BCUT2D eigenvalue weighted by atomic mass is 16.6. The van der Waals surface area contributed by atoms with Crippen LogP contribution in [-0.4, -0.2) is 32.4 Å². The molecule has 0 bridgehead atoms. The molecule has 0 saturated carbocycles. The molecule has 0 spiro atoms. The molecule has 2 aromatic heterocycles. The molecule has 2 heterocycles. The Balaban J connectivity index is 1.60. The lowest BCUT2D eigenvalue weighted by Crippen LogP contribution is -2.22. The number of nitrogens with zero attached hydrogens (tertiary/aromatic N) is 3. The van der Waals surface area contributed by atoms with Gasteiger partial charge in [-0.05, 0) is 36.2 Å². The summed E-state index contributed by atoms with van der Waals surface area (Å²) >= 11 is 0. The summed E-state index contributed by atoms with van der Waals surface area (Å²) in [6.45, 7) is 2.17. The zero-order valence-corrected chi connectivity index (χ0v) is 18.4. The van der Waals surface area contributed by atoms with E-state index in [1.54, 1.807) is 12.1 Å². The summed E-state index contributed by atoms with van der Waals surface area (Å²) in [4.78, 5) is 43.1. The van der Waals surface area contributed by atoms with E-state index in [4.69, 9.17) is 5.73 Å². The Hall–Kier alpha value is -4.15. The number of nitrogens with two attached hydrogens (primary N) is 1. The van der Waals surface area contributed by atoms with Gasteiger partial charge in [-0.25, -0.2) is 0 Å². The second-order valence-corrected chi connectivity index (χ2v) is 7.91. The average molecular weight is 460 g/mol. The monoisotopic (exact) mass is 460 g/mol. The number of nitro groups is 1. The Kier molecular flexibility index (Phi) is 6.90. The predicted octanol–water partition coefficient (Wildman–Crippen LogP) is 1.99. The van der Waals surface area contributed by atoms with Gasteiger partial charge in [-0.15, -0.1) is 0 Å². The molecule has 4 N–H and O–H groups in total. The van der Waals surface area contributed by atoms with E-state index in [2.05, 4.69) is 15.3 Å². The molecule has 174 valence electrons. The van der Waals surface area contributed by atoms with Gasteiger partial charge in [0.05, 0.1) is 10.5 Å². The van der Waals surface area contributed by atoms with E-state index in [0.29, 0.717) is 35.5 Å². The molecule has 4 rings (SSSR count). The van der Waals surface area contributed by atoms with Crippen molar-refractivity contribution in [3.63, 3.8) is 0 Å². The van der Waals surface area contributed by atoms with Crippen LogP contribution < -0.4 is 22.2 Å². The number of non-ortho nitro benzene ring substituents is 1. The summed E-state index contributed by atoms with van der Waals surface area (Å²) < 4.78 is 1.29. The minimum atomic E-state index is -0.472. The van der Waals surface area contributed by atoms with E-state index < -0.39 is 10.5 Å². The molecule has 34 heavy (non-hydrogen) atoms. The largest absolute Gasteiger partial charge is 0.330 e. The highest BCUT2D eigenvalue weighted by molar-refractivity contribution is 5.62. The zero-order valence-electron chi connectivity index (χ0n) is 18.4.